The van der Waals surface area contributed by atoms with Crippen LogP contribution in [-0.2, 0) is 0 Å². The zero-order valence-corrected chi connectivity index (χ0v) is 9.70. The second-order valence-corrected chi connectivity index (χ2v) is 4.56. The highest BCUT2D eigenvalue weighted by molar-refractivity contribution is 5.49. The first kappa shape index (κ1) is 10.4. The molecule has 1 saturated heterocycles. The molecule has 2 heterocycles. The van der Waals surface area contributed by atoms with Gasteiger partial charge >= 0.3 is 0 Å². The van der Waals surface area contributed by atoms with Gasteiger partial charge in [-0.15, -0.1) is 0 Å². The van der Waals surface area contributed by atoms with Crippen LogP contribution in [0.4, 0.5) is 5.69 Å². The molecule has 1 aromatic heterocycles. The average molecular weight is 205 g/mol. The van der Waals surface area contributed by atoms with Crippen LogP contribution < -0.4 is 5.32 Å². The minimum atomic E-state index is 0.563. The molecule has 0 aliphatic carbocycles. The highest BCUT2D eigenvalue weighted by atomic mass is 15.2. The van der Waals surface area contributed by atoms with Crippen molar-refractivity contribution in [3.63, 3.8) is 0 Å². The molecule has 15 heavy (non-hydrogen) atoms. The topological polar surface area (TPSA) is 28.2 Å². The van der Waals surface area contributed by atoms with Crippen LogP contribution in [0.25, 0.3) is 0 Å². The lowest BCUT2D eigenvalue weighted by Gasteiger charge is -2.15. The summed E-state index contributed by atoms with van der Waals surface area (Å²) in [6.07, 6.45) is 4.97. The lowest BCUT2D eigenvalue weighted by Crippen LogP contribution is -2.25. The fourth-order valence-corrected chi connectivity index (χ4v) is 2.13. The summed E-state index contributed by atoms with van der Waals surface area (Å²) in [5.41, 5.74) is 2.44. The van der Waals surface area contributed by atoms with E-state index in [0.717, 1.165) is 6.54 Å². The second kappa shape index (κ2) is 4.19. The fourth-order valence-electron chi connectivity index (χ4n) is 2.13. The van der Waals surface area contributed by atoms with Crippen LogP contribution in [0.2, 0.25) is 0 Å². The number of hydrogen-bond donors (Lipinski definition) is 1. The van der Waals surface area contributed by atoms with Crippen LogP contribution in [-0.4, -0.2) is 35.6 Å². The molecule has 0 spiro atoms. The van der Waals surface area contributed by atoms with Crippen molar-refractivity contribution in [2.45, 2.75) is 32.4 Å². The Balaban J connectivity index is 2.01. The van der Waals surface area contributed by atoms with E-state index in [0.29, 0.717) is 12.1 Å². The highest BCUT2D eigenvalue weighted by Gasteiger charge is 2.25. The van der Waals surface area contributed by atoms with Gasteiger partial charge in [0.2, 0.25) is 0 Å². The summed E-state index contributed by atoms with van der Waals surface area (Å²) in [4.78, 5) is 6.54. The van der Waals surface area contributed by atoms with Crippen molar-refractivity contribution in [1.82, 2.24) is 9.88 Å². The minimum Gasteiger partial charge on any atom is -0.380 e. The molecule has 82 valence electrons. The van der Waals surface area contributed by atoms with Crippen LogP contribution in [0, 0.1) is 6.92 Å². The maximum atomic E-state index is 4.15. The second-order valence-electron chi connectivity index (χ2n) is 4.56. The summed E-state index contributed by atoms with van der Waals surface area (Å²) in [7, 11) is 2.18. The van der Waals surface area contributed by atoms with Gasteiger partial charge in [0, 0.05) is 24.8 Å². The molecule has 0 saturated carbocycles. The number of hydrogen-bond acceptors (Lipinski definition) is 3. The quantitative estimate of drug-likeness (QED) is 0.799. The van der Waals surface area contributed by atoms with Crippen LogP contribution in [0.5, 0.6) is 0 Å². The minimum absolute atomic E-state index is 0.563. The van der Waals surface area contributed by atoms with Gasteiger partial charge in [-0.2, -0.15) is 0 Å². The smallest absolute Gasteiger partial charge is 0.0559 e. The van der Waals surface area contributed by atoms with Crippen LogP contribution in [0.1, 0.15) is 18.9 Å². The molecule has 1 fully saturated rings. The van der Waals surface area contributed by atoms with Crippen molar-refractivity contribution in [2.75, 3.05) is 18.9 Å². The Morgan fingerprint density at radius 1 is 1.53 bits per heavy atom. The Kier molecular flexibility index (Phi) is 2.91. The largest absolute Gasteiger partial charge is 0.380 e. The lowest BCUT2D eigenvalue weighted by molar-refractivity contribution is 0.330. The Labute approximate surface area is 91.5 Å². The number of pyridine rings is 1. The molecular formula is C12H19N3. The Morgan fingerprint density at radius 2 is 2.33 bits per heavy atom. The first-order valence-corrected chi connectivity index (χ1v) is 5.54. The molecule has 1 aromatic rings. The number of likely N-dealkylation sites (tertiary alicyclic amines) is 1. The summed E-state index contributed by atoms with van der Waals surface area (Å²) in [6, 6.07) is 3.29. The molecule has 0 bridgehead atoms. The van der Waals surface area contributed by atoms with Gasteiger partial charge in [0.1, 0.15) is 0 Å². The number of aryl methyl sites for hydroxylation is 1. The third-order valence-electron chi connectivity index (χ3n) is 3.29. The molecular weight excluding hydrogens is 186 g/mol. The maximum Gasteiger partial charge on any atom is 0.0559 e. The van der Waals surface area contributed by atoms with E-state index in [9.17, 15) is 0 Å². The molecule has 1 aliphatic rings. The van der Waals surface area contributed by atoms with Crippen LogP contribution in [0.15, 0.2) is 18.5 Å². The summed E-state index contributed by atoms with van der Waals surface area (Å²) in [5.74, 6) is 0. The molecule has 0 aromatic carbocycles. The van der Waals surface area contributed by atoms with Crippen molar-refractivity contribution in [3.05, 3.63) is 24.0 Å². The Bertz CT molecular complexity index is 327. The van der Waals surface area contributed by atoms with Crippen molar-refractivity contribution in [1.29, 1.82) is 0 Å². The Morgan fingerprint density at radius 3 is 2.93 bits per heavy atom. The summed E-state index contributed by atoms with van der Waals surface area (Å²) in [5, 5.41) is 3.57. The molecule has 3 heteroatoms. The monoisotopic (exact) mass is 205 g/mol. The fraction of sp³-hybridized carbons (Fsp3) is 0.583. The number of likely N-dealkylation sites (N-methyl/N-ethyl adjacent to an activating group) is 1. The van der Waals surface area contributed by atoms with Gasteiger partial charge in [-0.05, 0) is 38.9 Å². The molecule has 2 atom stereocenters. The van der Waals surface area contributed by atoms with E-state index >= 15 is 0 Å². The van der Waals surface area contributed by atoms with Gasteiger partial charge < -0.3 is 10.2 Å². The van der Waals surface area contributed by atoms with E-state index in [1.807, 2.05) is 18.5 Å². The first-order chi connectivity index (χ1) is 7.16. The van der Waals surface area contributed by atoms with E-state index < -0.39 is 0 Å². The normalized spacial score (nSPS) is 26.9. The zero-order chi connectivity index (χ0) is 10.8. The molecule has 2 rings (SSSR count). The molecule has 0 amide bonds. The van der Waals surface area contributed by atoms with E-state index in [4.69, 9.17) is 0 Å². The SMILES string of the molecule is Cc1ccncc1NC1CC(C)N(C)C1. The standard InChI is InChI=1S/C12H19N3/c1-9-4-5-13-7-12(9)14-11-6-10(2)15(3)8-11/h4-5,7,10-11,14H,6,8H2,1-3H3. The third-order valence-corrected chi connectivity index (χ3v) is 3.29. The molecule has 1 N–H and O–H groups in total. The summed E-state index contributed by atoms with van der Waals surface area (Å²) in [6.45, 7) is 5.51. The number of aromatic nitrogens is 1. The van der Waals surface area contributed by atoms with E-state index in [1.54, 1.807) is 0 Å². The lowest BCUT2D eigenvalue weighted by atomic mass is 10.1. The summed E-state index contributed by atoms with van der Waals surface area (Å²) < 4.78 is 0. The van der Waals surface area contributed by atoms with E-state index in [-0.39, 0.29) is 0 Å². The maximum absolute atomic E-state index is 4.15. The highest BCUT2D eigenvalue weighted by Crippen LogP contribution is 2.20. The van der Waals surface area contributed by atoms with Gasteiger partial charge in [0.25, 0.3) is 0 Å². The third kappa shape index (κ3) is 2.29. The van der Waals surface area contributed by atoms with Gasteiger partial charge in [0.15, 0.2) is 0 Å². The van der Waals surface area contributed by atoms with Crippen molar-refractivity contribution in [3.8, 4) is 0 Å². The first-order valence-electron chi connectivity index (χ1n) is 5.54. The predicted molar refractivity (Wildman–Crippen MR) is 63.1 cm³/mol. The molecule has 1 aliphatic heterocycles. The number of anilines is 1. The predicted octanol–water partition coefficient (Wildman–Crippen LogP) is 1.89. The van der Waals surface area contributed by atoms with Crippen molar-refractivity contribution < 1.29 is 0 Å². The van der Waals surface area contributed by atoms with Gasteiger partial charge in [-0.25, -0.2) is 0 Å². The van der Waals surface area contributed by atoms with E-state index in [2.05, 4.69) is 36.1 Å². The van der Waals surface area contributed by atoms with Crippen LogP contribution in [0.3, 0.4) is 0 Å². The van der Waals surface area contributed by atoms with Crippen molar-refractivity contribution in [2.24, 2.45) is 0 Å². The number of nitrogens with one attached hydrogen (secondary N) is 1. The van der Waals surface area contributed by atoms with E-state index in [1.165, 1.54) is 17.7 Å². The molecule has 2 unspecified atom stereocenters. The zero-order valence-electron chi connectivity index (χ0n) is 9.70. The molecule has 3 nitrogen and oxygen atoms in total. The van der Waals surface area contributed by atoms with Gasteiger partial charge in [0.05, 0.1) is 11.9 Å². The van der Waals surface area contributed by atoms with Gasteiger partial charge in [-0.3, -0.25) is 4.98 Å². The van der Waals surface area contributed by atoms with Crippen molar-refractivity contribution >= 4 is 5.69 Å². The summed E-state index contributed by atoms with van der Waals surface area (Å²) >= 11 is 0. The Hall–Kier alpha value is -1.09. The molecule has 0 radical (unpaired) electrons. The van der Waals surface area contributed by atoms with Gasteiger partial charge in [-0.1, -0.05) is 0 Å². The van der Waals surface area contributed by atoms with Crippen LogP contribution >= 0.6 is 0 Å². The number of rotatable bonds is 2. The average Bonchev–Trinajstić information content (AvgIpc) is 2.50. The number of nitrogens with zero attached hydrogens (tertiary/aromatic N) is 2.